The Kier molecular flexibility index (Phi) is 6.90. The molecule has 2 amide bonds. The standard InChI is InChI=1S/C24H28FN3O4S/c1-4-20-26-18(12-33-20)14-5-7-15(8-6-14)23(30)27-17(9-13(2)3)24(31)28-10-16(25)22-21(28)19(29)11-32-22/h5-8,12-13,16-17,21-22H,4,9-11H2,1-3H3,(H,27,30)/t16-,17-,21+,22+/m0/s1. The summed E-state index contributed by atoms with van der Waals surface area (Å²) in [6.07, 6.45) is -1.08. The Morgan fingerprint density at radius 1 is 1.30 bits per heavy atom. The average molecular weight is 474 g/mol. The van der Waals surface area contributed by atoms with Gasteiger partial charge in [-0.2, -0.15) is 0 Å². The van der Waals surface area contributed by atoms with Crippen LogP contribution in [0.1, 0.15) is 42.6 Å². The maximum absolute atomic E-state index is 14.4. The number of alkyl halides is 1. The Bertz CT molecular complexity index is 1040. The number of hydrogen-bond donors (Lipinski definition) is 1. The maximum Gasteiger partial charge on any atom is 0.251 e. The normalized spacial score (nSPS) is 23.1. The summed E-state index contributed by atoms with van der Waals surface area (Å²) in [6, 6.07) is 5.28. The topological polar surface area (TPSA) is 88.6 Å². The van der Waals surface area contributed by atoms with E-state index in [9.17, 15) is 18.8 Å². The Labute approximate surface area is 196 Å². The number of nitrogens with one attached hydrogen (secondary N) is 1. The van der Waals surface area contributed by atoms with Crippen LogP contribution in [-0.2, 0) is 20.7 Å². The van der Waals surface area contributed by atoms with E-state index in [0.29, 0.717) is 12.0 Å². The van der Waals surface area contributed by atoms with E-state index < -0.39 is 36.2 Å². The molecule has 1 N–H and O–H groups in total. The molecule has 1 aromatic heterocycles. The highest BCUT2D eigenvalue weighted by molar-refractivity contribution is 7.09. The van der Waals surface area contributed by atoms with E-state index in [-0.39, 0.29) is 24.9 Å². The first-order valence-electron chi connectivity index (χ1n) is 11.2. The quantitative estimate of drug-likeness (QED) is 0.668. The van der Waals surface area contributed by atoms with Gasteiger partial charge in [0.25, 0.3) is 5.91 Å². The van der Waals surface area contributed by atoms with Crippen LogP contribution < -0.4 is 5.32 Å². The van der Waals surface area contributed by atoms with Crippen molar-refractivity contribution in [3.05, 3.63) is 40.2 Å². The molecule has 0 bridgehead atoms. The summed E-state index contributed by atoms with van der Waals surface area (Å²) in [7, 11) is 0. The molecule has 0 unspecified atom stereocenters. The molecule has 0 saturated carbocycles. The van der Waals surface area contributed by atoms with Crippen molar-refractivity contribution in [1.82, 2.24) is 15.2 Å². The van der Waals surface area contributed by atoms with Crippen molar-refractivity contribution >= 4 is 28.9 Å². The molecule has 2 fully saturated rings. The number of ketones is 1. The van der Waals surface area contributed by atoms with Gasteiger partial charge in [-0.25, -0.2) is 9.37 Å². The molecule has 0 spiro atoms. The molecule has 33 heavy (non-hydrogen) atoms. The predicted molar refractivity (Wildman–Crippen MR) is 123 cm³/mol. The fourth-order valence-corrected chi connectivity index (χ4v) is 5.11. The van der Waals surface area contributed by atoms with Gasteiger partial charge in [0, 0.05) is 16.5 Å². The lowest BCUT2D eigenvalue weighted by Gasteiger charge is -2.28. The van der Waals surface area contributed by atoms with Gasteiger partial charge in [0.15, 0.2) is 5.78 Å². The van der Waals surface area contributed by atoms with Crippen molar-refractivity contribution in [2.24, 2.45) is 5.92 Å². The summed E-state index contributed by atoms with van der Waals surface area (Å²) in [5.74, 6) is -1.03. The summed E-state index contributed by atoms with van der Waals surface area (Å²) in [6.45, 7) is 5.54. The van der Waals surface area contributed by atoms with E-state index in [1.54, 1.807) is 23.5 Å². The number of halogens is 1. The Balaban J connectivity index is 1.48. The Morgan fingerprint density at radius 3 is 2.67 bits per heavy atom. The molecule has 4 atom stereocenters. The zero-order valence-corrected chi connectivity index (χ0v) is 19.7. The Morgan fingerprint density at radius 2 is 2.03 bits per heavy atom. The van der Waals surface area contributed by atoms with Crippen molar-refractivity contribution in [2.75, 3.05) is 13.2 Å². The summed E-state index contributed by atoms with van der Waals surface area (Å²) in [5, 5.41) is 5.84. The van der Waals surface area contributed by atoms with Gasteiger partial charge in [0.2, 0.25) is 5.91 Å². The SMILES string of the molecule is CCc1nc(-c2ccc(C(=O)N[C@@H](CC(C)C)C(=O)N3C[C@H](F)[C@H]4OCC(=O)[C@H]43)cc2)cs1. The van der Waals surface area contributed by atoms with Gasteiger partial charge in [0.1, 0.15) is 31.0 Å². The van der Waals surface area contributed by atoms with Gasteiger partial charge in [-0.1, -0.05) is 32.9 Å². The number of carbonyl (C=O) groups is 3. The second-order valence-electron chi connectivity index (χ2n) is 8.91. The van der Waals surface area contributed by atoms with E-state index in [4.69, 9.17) is 4.74 Å². The summed E-state index contributed by atoms with van der Waals surface area (Å²) in [4.78, 5) is 44.2. The third-order valence-electron chi connectivity index (χ3n) is 6.01. The van der Waals surface area contributed by atoms with Gasteiger partial charge in [-0.3, -0.25) is 14.4 Å². The minimum Gasteiger partial charge on any atom is -0.365 e. The van der Waals surface area contributed by atoms with Gasteiger partial charge in [-0.15, -0.1) is 11.3 Å². The average Bonchev–Trinajstić information content (AvgIpc) is 3.50. The van der Waals surface area contributed by atoms with Crippen LogP contribution in [0, 0.1) is 5.92 Å². The maximum atomic E-state index is 14.4. The van der Waals surface area contributed by atoms with Gasteiger partial charge in [-0.05, 0) is 30.9 Å². The second kappa shape index (κ2) is 9.69. The number of aromatic nitrogens is 1. The number of ether oxygens (including phenoxy) is 1. The van der Waals surface area contributed by atoms with Crippen LogP contribution >= 0.6 is 11.3 Å². The summed E-state index contributed by atoms with van der Waals surface area (Å²) < 4.78 is 19.6. The molecular weight excluding hydrogens is 445 g/mol. The smallest absolute Gasteiger partial charge is 0.251 e. The minimum atomic E-state index is -1.41. The van der Waals surface area contributed by atoms with E-state index in [1.807, 2.05) is 31.4 Å². The van der Waals surface area contributed by atoms with Gasteiger partial charge >= 0.3 is 0 Å². The van der Waals surface area contributed by atoms with Crippen LogP contribution in [0.25, 0.3) is 11.3 Å². The van der Waals surface area contributed by atoms with Crippen LogP contribution in [-0.4, -0.2) is 65.0 Å². The van der Waals surface area contributed by atoms with Crippen molar-refractivity contribution in [3.63, 3.8) is 0 Å². The number of carbonyl (C=O) groups excluding carboxylic acids is 3. The molecule has 2 aliphatic heterocycles. The van der Waals surface area contributed by atoms with Crippen LogP contribution in [0.2, 0.25) is 0 Å². The largest absolute Gasteiger partial charge is 0.365 e. The van der Waals surface area contributed by atoms with E-state index in [0.717, 1.165) is 22.7 Å². The molecule has 2 aromatic rings. The zero-order chi connectivity index (χ0) is 23.7. The van der Waals surface area contributed by atoms with E-state index in [1.165, 1.54) is 4.90 Å². The van der Waals surface area contributed by atoms with Gasteiger partial charge in [0.05, 0.1) is 17.2 Å². The number of hydrogen-bond acceptors (Lipinski definition) is 6. The number of amides is 2. The first-order chi connectivity index (χ1) is 15.8. The number of rotatable bonds is 7. The summed E-state index contributed by atoms with van der Waals surface area (Å²) >= 11 is 1.60. The molecule has 2 aliphatic rings. The number of aryl methyl sites for hydroxylation is 1. The molecule has 176 valence electrons. The number of Topliss-reactive ketones (excluding diaryl/α,β-unsaturated/α-hetero) is 1. The Hall–Kier alpha value is -2.65. The fraction of sp³-hybridized carbons (Fsp3) is 0.500. The van der Waals surface area contributed by atoms with Crippen molar-refractivity contribution in [1.29, 1.82) is 0 Å². The van der Waals surface area contributed by atoms with Crippen molar-refractivity contribution in [2.45, 2.75) is 58.0 Å². The molecule has 1 aromatic carbocycles. The molecule has 4 rings (SSSR count). The molecule has 0 radical (unpaired) electrons. The molecule has 7 nitrogen and oxygen atoms in total. The van der Waals surface area contributed by atoms with Crippen LogP contribution in [0.3, 0.4) is 0 Å². The molecule has 3 heterocycles. The predicted octanol–water partition coefficient (Wildman–Crippen LogP) is 3.03. The molecule has 9 heteroatoms. The molecule has 2 saturated heterocycles. The van der Waals surface area contributed by atoms with Crippen molar-refractivity contribution < 1.29 is 23.5 Å². The van der Waals surface area contributed by atoms with Crippen LogP contribution in [0.15, 0.2) is 29.6 Å². The number of thiazole rings is 1. The van der Waals surface area contributed by atoms with Gasteiger partial charge < -0.3 is 15.0 Å². The third kappa shape index (κ3) is 4.84. The number of benzene rings is 1. The third-order valence-corrected chi connectivity index (χ3v) is 7.01. The van der Waals surface area contributed by atoms with E-state index >= 15 is 0 Å². The lowest BCUT2D eigenvalue weighted by Crippen LogP contribution is -2.52. The zero-order valence-electron chi connectivity index (χ0n) is 18.9. The fourth-order valence-electron chi connectivity index (χ4n) is 4.36. The lowest BCUT2D eigenvalue weighted by atomic mass is 10.0. The highest BCUT2D eigenvalue weighted by atomic mass is 32.1. The highest BCUT2D eigenvalue weighted by Gasteiger charge is 2.53. The molecular formula is C24H28FN3O4S. The first-order valence-corrected chi connectivity index (χ1v) is 12.1. The number of nitrogens with zero attached hydrogens (tertiary/aromatic N) is 2. The first kappa shape index (κ1) is 23.5. The lowest BCUT2D eigenvalue weighted by molar-refractivity contribution is -0.138. The summed E-state index contributed by atoms with van der Waals surface area (Å²) in [5.41, 5.74) is 2.19. The van der Waals surface area contributed by atoms with Crippen LogP contribution in [0.5, 0.6) is 0 Å². The highest BCUT2D eigenvalue weighted by Crippen LogP contribution is 2.30. The van der Waals surface area contributed by atoms with Crippen LogP contribution in [0.4, 0.5) is 4.39 Å². The number of fused-ring (bicyclic) bond motifs is 1. The monoisotopic (exact) mass is 473 g/mol. The van der Waals surface area contributed by atoms with Crippen molar-refractivity contribution in [3.8, 4) is 11.3 Å². The van der Waals surface area contributed by atoms with E-state index in [2.05, 4.69) is 17.2 Å². The second-order valence-corrected chi connectivity index (χ2v) is 9.85. The minimum absolute atomic E-state index is 0.106. The number of likely N-dealkylation sites (tertiary alicyclic amines) is 1. The molecule has 0 aliphatic carbocycles.